The monoisotopic (exact) mass is 266 g/mol. The Kier molecular flexibility index (Phi) is 2.99. The number of carbonyl (C=O) groups is 1. The number of benzene rings is 1. The van der Waals surface area contributed by atoms with Crippen molar-refractivity contribution in [3.63, 3.8) is 0 Å². The number of para-hydroxylation sites is 1. The number of fused-ring (bicyclic) bond motifs is 1. The highest BCUT2D eigenvalue weighted by Crippen LogP contribution is 2.22. The molecule has 0 unspecified atom stereocenters. The first-order chi connectivity index (χ1) is 9.65. The molecule has 1 amide bonds. The second-order valence-electron chi connectivity index (χ2n) is 4.66. The van der Waals surface area contributed by atoms with Crippen LogP contribution in [0, 0.1) is 13.8 Å². The van der Waals surface area contributed by atoms with E-state index in [0.717, 1.165) is 16.7 Å². The largest absolute Gasteiger partial charge is 0.466 e. The van der Waals surface area contributed by atoms with Gasteiger partial charge in [0.1, 0.15) is 11.5 Å². The van der Waals surface area contributed by atoms with Crippen LogP contribution >= 0.6 is 0 Å². The molecule has 0 saturated heterocycles. The normalized spacial score (nSPS) is 10.7. The number of aryl methyl sites for hydroxylation is 2. The van der Waals surface area contributed by atoms with Gasteiger partial charge in [0.2, 0.25) is 0 Å². The predicted molar refractivity (Wildman–Crippen MR) is 77.9 cm³/mol. The number of pyridine rings is 1. The molecule has 0 spiro atoms. The molecule has 2 aromatic heterocycles. The summed E-state index contributed by atoms with van der Waals surface area (Å²) in [6, 6.07) is 11.3. The standard InChI is InChI=1S/C16H14N2O2/c1-10-9-13(11(2)20-10)16(19)18-14-7-3-5-12-6-4-8-17-15(12)14/h3-9H,1-2H3,(H,18,19). The molecule has 0 bridgehead atoms. The zero-order chi connectivity index (χ0) is 14.1. The average Bonchev–Trinajstić information content (AvgIpc) is 2.78. The Morgan fingerprint density at radius 1 is 1.20 bits per heavy atom. The summed E-state index contributed by atoms with van der Waals surface area (Å²) in [5.74, 6) is 1.16. The highest BCUT2D eigenvalue weighted by molar-refractivity contribution is 6.08. The first-order valence-corrected chi connectivity index (χ1v) is 6.37. The van der Waals surface area contributed by atoms with E-state index in [1.54, 1.807) is 19.2 Å². The average molecular weight is 266 g/mol. The van der Waals surface area contributed by atoms with Crippen molar-refractivity contribution in [2.75, 3.05) is 5.32 Å². The van der Waals surface area contributed by atoms with Crippen molar-refractivity contribution in [3.05, 3.63) is 59.7 Å². The molecule has 100 valence electrons. The van der Waals surface area contributed by atoms with Crippen LogP contribution in [0.25, 0.3) is 10.9 Å². The van der Waals surface area contributed by atoms with Gasteiger partial charge in [-0.2, -0.15) is 0 Å². The Morgan fingerprint density at radius 3 is 2.75 bits per heavy atom. The Hall–Kier alpha value is -2.62. The summed E-state index contributed by atoms with van der Waals surface area (Å²) in [5, 5.41) is 3.89. The van der Waals surface area contributed by atoms with Crippen LogP contribution in [0.15, 0.2) is 47.0 Å². The van der Waals surface area contributed by atoms with Crippen LogP contribution in [0.2, 0.25) is 0 Å². The molecule has 0 radical (unpaired) electrons. The van der Waals surface area contributed by atoms with E-state index in [0.29, 0.717) is 17.0 Å². The smallest absolute Gasteiger partial charge is 0.259 e. The number of furan rings is 1. The van der Waals surface area contributed by atoms with Gasteiger partial charge in [-0.05, 0) is 32.0 Å². The lowest BCUT2D eigenvalue weighted by molar-refractivity contribution is 0.102. The molecule has 1 aromatic carbocycles. The first kappa shape index (κ1) is 12.4. The second-order valence-corrected chi connectivity index (χ2v) is 4.66. The summed E-state index contributed by atoms with van der Waals surface area (Å²) in [6.45, 7) is 3.60. The van der Waals surface area contributed by atoms with Gasteiger partial charge in [-0.15, -0.1) is 0 Å². The Balaban J connectivity index is 1.97. The number of carbonyl (C=O) groups excluding carboxylic acids is 1. The van der Waals surface area contributed by atoms with Crippen molar-refractivity contribution >= 4 is 22.5 Å². The number of hydrogen-bond donors (Lipinski definition) is 1. The summed E-state index contributed by atoms with van der Waals surface area (Å²) in [4.78, 5) is 16.6. The van der Waals surface area contributed by atoms with Gasteiger partial charge in [0.15, 0.2) is 0 Å². The predicted octanol–water partition coefficient (Wildman–Crippen LogP) is 3.70. The van der Waals surface area contributed by atoms with Crippen molar-refractivity contribution in [1.29, 1.82) is 0 Å². The van der Waals surface area contributed by atoms with Crippen molar-refractivity contribution in [2.45, 2.75) is 13.8 Å². The number of rotatable bonds is 2. The van der Waals surface area contributed by atoms with Gasteiger partial charge < -0.3 is 9.73 Å². The van der Waals surface area contributed by atoms with Crippen molar-refractivity contribution in [1.82, 2.24) is 4.98 Å². The number of anilines is 1. The number of nitrogens with one attached hydrogen (secondary N) is 1. The fourth-order valence-electron chi connectivity index (χ4n) is 2.25. The van der Waals surface area contributed by atoms with E-state index in [9.17, 15) is 4.79 Å². The van der Waals surface area contributed by atoms with Crippen LogP contribution in [0.3, 0.4) is 0 Å². The minimum Gasteiger partial charge on any atom is -0.466 e. The molecule has 0 aliphatic rings. The van der Waals surface area contributed by atoms with Crippen LogP contribution in [0.4, 0.5) is 5.69 Å². The molecule has 0 aliphatic carbocycles. The number of amides is 1. The summed E-state index contributed by atoms with van der Waals surface area (Å²) < 4.78 is 5.38. The summed E-state index contributed by atoms with van der Waals surface area (Å²) in [6.07, 6.45) is 1.71. The highest BCUT2D eigenvalue weighted by Gasteiger charge is 2.14. The lowest BCUT2D eigenvalue weighted by atomic mass is 10.1. The molecule has 0 aliphatic heterocycles. The van der Waals surface area contributed by atoms with E-state index in [1.165, 1.54) is 0 Å². The molecule has 2 heterocycles. The Bertz CT molecular complexity index is 785. The third kappa shape index (κ3) is 2.16. The molecule has 4 nitrogen and oxygen atoms in total. The van der Waals surface area contributed by atoms with E-state index < -0.39 is 0 Å². The highest BCUT2D eigenvalue weighted by atomic mass is 16.3. The maximum Gasteiger partial charge on any atom is 0.259 e. The fourth-order valence-corrected chi connectivity index (χ4v) is 2.25. The van der Waals surface area contributed by atoms with Crippen LogP contribution in [0.1, 0.15) is 21.9 Å². The molecule has 0 fully saturated rings. The molecule has 0 saturated carbocycles. The molecule has 0 atom stereocenters. The lowest BCUT2D eigenvalue weighted by Gasteiger charge is -2.07. The molecule has 3 aromatic rings. The summed E-state index contributed by atoms with van der Waals surface area (Å²) >= 11 is 0. The zero-order valence-electron chi connectivity index (χ0n) is 11.3. The maximum absolute atomic E-state index is 12.3. The van der Waals surface area contributed by atoms with E-state index in [4.69, 9.17) is 4.42 Å². The minimum atomic E-state index is -0.183. The molecule has 20 heavy (non-hydrogen) atoms. The van der Waals surface area contributed by atoms with Gasteiger partial charge in [-0.1, -0.05) is 18.2 Å². The third-order valence-corrected chi connectivity index (χ3v) is 3.17. The number of nitrogens with zero attached hydrogens (tertiary/aromatic N) is 1. The van der Waals surface area contributed by atoms with Crippen molar-refractivity contribution in [2.24, 2.45) is 0 Å². The third-order valence-electron chi connectivity index (χ3n) is 3.17. The van der Waals surface area contributed by atoms with E-state index in [-0.39, 0.29) is 5.91 Å². The molecule has 4 heteroatoms. The van der Waals surface area contributed by atoms with Crippen LogP contribution in [0.5, 0.6) is 0 Å². The SMILES string of the molecule is Cc1cc(C(=O)Nc2cccc3cccnc23)c(C)o1. The van der Waals surface area contributed by atoms with E-state index in [2.05, 4.69) is 10.3 Å². The van der Waals surface area contributed by atoms with Gasteiger partial charge in [0.25, 0.3) is 5.91 Å². The van der Waals surface area contributed by atoms with Gasteiger partial charge >= 0.3 is 0 Å². The van der Waals surface area contributed by atoms with Crippen LogP contribution < -0.4 is 5.32 Å². The zero-order valence-corrected chi connectivity index (χ0v) is 11.3. The maximum atomic E-state index is 12.3. The topological polar surface area (TPSA) is 55.1 Å². The minimum absolute atomic E-state index is 0.183. The lowest BCUT2D eigenvalue weighted by Crippen LogP contribution is -2.12. The molecular weight excluding hydrogens is 252 g/mol. The number of hydrogen-bond acceptors (Lipinski definition) is 3. The first-order valence-electron chi connectivity index (χ1n) is 6.37. The fraction of sp³-hybridized carbons (Fsp3) is 0.125. The van der Waals surface area contributed by atoms with Gasteiger partial charge in [0.05, 0.1) is 16.8 Å². The Morgan fingerprint density at radius 2 is 2.00 bits per heavy atom. The molecule has 3 rings (SSSR count). The van der Waals surface area contributed by atoms with E-state index >= 15 is 0 Å². The van der Waals surface area contributed by atoms with Crippen molar-refractivity contribution < 1.29 is 9.21 Å². The molecule has 1 N–H and O–H groups in total. The summed E-state index contributed by atoms with van der Waals surface area (Å²) in [7, 11) is 0. The van der Waals surface area contributed by atoms with Gasteiger partial charge in [-0.3, -0.25) is 9.78 Å². The molecular formula is C16H14N2O2. The number of aromatic nitrogens is 1. The quantitative estimate of drug-likeness (QED) is 0.769. The van der Waals surface area contributed by atoms with Gasteiger partial charge in [0, 0.05) is 11.6 Å². The van der Waals surface area contributed by atoms with E-state index in [1.807, 2.05) is 37.3 Å². The summed E-state index contributed by atoms with van der Waals surface area (Å²) in [5.41, 5.74) is 2.03. The van der Waals surface area contributed by atoms with Crippen LogP contribution in [-0.4, -0.2) is 10.9 Å². The van der Waals surface area contributed by atoms with Crippen LogP contribution in [-0.2, 0) is 0 Å². The Labute approximate surface area is 116 Å². The van der Waals surface area contributed by atoms with Gasteiger partial charge in [-0.25, -0.2) is 0 Å². The second kappa shape index (κ2) is 4.81. The van der Waals surface area contributed by atoms with Crippen molar-refractivity contribution in [3.8, 4) is 0 Å².